The lowest BCUT2D eigenvalue weighted by molar-refractivity contribution is -0.116. The average Bonchev–Trinajstić information content (AvgIpc) is 3.17. The highest BCUT2D eigenvalue weighted by Crippen LogP contribution is 2.34. The van der Waals surface area contributed by atoms with Crippen molar-refractivity contribution in [1.82, 2.24) is 19.1 Å². The van der Waals surface area contributed by atoms with Crippen LogP contribution in [0.25, 0.3) is 21.9 Å². The van der Waals surface area contributed by atoms with Gasteiger partial charge < -0.3 is 4.57 Å². The van der Waals surface area contributed by atoms with Crippen molar-refractivity contribution >= 4 is 33.8 Å². The van der Waals surface area contributed by atoms with E-state index in [1.54, 1.807) is 6.07 Å². The van der Waals surface area contributed by atoms with Crippen molar-refractivity contribution < 1.29 is 4.79 Å². The first-order valence-corrected chi connectivity index (χ1v) is 11.3. The molecule has 164 valence electrons. The minimum atomic E-state index is -0.159. The number of aromatic nitrogens is 4. The summed E-state index contributed by atoms with van der Waals surface area (Å²) in [7, 11) is 0. The average molecular weight is 430 g/mol. The molecular weight excluding hydrogens is 402 g/mol. The second kappa shape index (κ2) is 8.57. The van der Waals surface area contributed by atoms with Crippen LogP contribution in [-0.2, 0) is 11.3 Å². The van der Waals surface area contributed by atoms with E-state index in [2.05, 4.69) is 20.9 Å². The number of nitrogens with zero attached hydrogens (tertiary/aromatic N) is 4. The van der Waals surface area contributed by atoms with Crippen molar-refractivity contribution in [2.75, 3.05) is 5.32 Å². The first-order chi connectivity index (χ1) is 15.6. The highest BCUT2D eigenvalue weighted by molar-refractivity contribution is 5.91. The molecule has 1 saturated carbocycles. The molecule has 0 radical (unpaired) electrons. The van der Waals surface area contributed by atoms with Crippen LogP contribution >= 0.6 is 0 Å². The largest absolute Gasteiger partial charge is 0.307 e. The molecule has 0 saturated heterocycles. The Morgan fingerprint density at radius 3 is 2.75 bits per heavy atom. The Balaban J connectivity index is 1.36. The number of fused-ring (bicyclic) bond motifs is 2. The lowest BCUT2D eigenvalue weighted by atomic mass is 9.95. The number of hydrogen-bond donors (Lipinski definition) is 1. The Hall–Kier alpha value is -3.48. The van der Waals surface area contributed by atoms with Crippen LogP contribution in [0.1, 0.15) is 50.1 Å². The molecule has 1 aliphatic carbocycles. The number of amides is 1. The predicted molar refractivity (Wildman–Crippen MR) is 126 cm³/mol. The zero-order valence-electron chi connectivity index (χ0n) is 18.3. The van der Waals surface area contributed by atoms with Crippen LogP contribution in [0.2, 0.25) is 0 Å². The number of rotatable bonds is 5. The van der Waals surface area contributed by atoms with Crippen molar-refractivity contribution in [2.24, 2.45) is 0 Å². The van der Waals surface area contributed by atoms with Gasteiger partial charge in [0.05, 0.1) is 28.3 Å². The molecule has 0 bridgehead atoms. The zero-order valence-corrected chi connectivity index (χ0v) is 18.3. The molecule has 1 amide bonds. The third-order valence-corrected chi connectivity index (χ3v) is 6.42. The van der Waals surface area contributed by atoms with Crippen molar-refractivity contribution in [1.29, 1.82) is 0 Å². The molecule has 1 fully saturated rings. The third-order valence-electron chi connectivity index (χ3n) is 6.42. The van der Waals surface area contributed by atoms with E-state index in [1.165, 1.54) is 30.2 Å². The summed E-state index contributed by atoms with van der Waals surface area (Å²) in [6.45, 7) is 2.20. The molecule has 5 rings (SSSR count). The predicted octanol–water partition coefficient (Wildman–Crippen LogP) is 4.59. The highest BCUT2D eigenvalue weighted by atomic mass is 16.2. The Morgan fingerprint density at radius 2 is 1.91 bits per heavy atom. The fraction of sp³-hybridized carbons (Fsp3) is 0.360. The maximum atomic E-state index is 12.8. The van der Waals surface area contributed by atoms with E-state index in [1.807, 2.05) is 37.3 Å². The van der Waals surface area contributed by atoms with Crippen LogP contribution in [0, 0.1) is 6.92 Å². The van der Waals surface area contributed by atoms with E-state index in [0.29, 0.717) is 22.9 Å². The number of carbonyl (C=O) groups is 1. The van der Waals surface area contributed by atoms with Crippen LogP contribution in [0.5, 0.6) is 0 Å². The number of carbonyl (C=O) groups excluding carboxylic acids is 1. The van der Waals surface area contributed by atoms with Crippen molar-refractivity contribution in [3.63, 3.8) is 0 Å². The summed E-state index contributed by atoms with van der Waals surface area (Å²) < 4.78 is 3.70. The molecule has 0 aliphatic heterocycles. The quantitative estimate of drug-likeness (QED) is 0.503. The molecule has 2 aromatic carbocycles. The van der Waals surface area contributed by atoms with Gasteiger partial charge in [0, 0.05) is 19.0 Å². The van der Waals surface area contributed by atoms with Crippen LogP contribution < -0.4 is 10.9 Å². The van der Waals surface area contributed by atoms with E-state index in [-0.39, 0.29) is 24.4 Å². The van der Waals surface area contributed by atoms with Crippen molar-refractivity contribution in [3.8, 4) is 0 Å². The summed E-state index contributed by atoms with van der Waals surface area (Å²) in [4.78, 5) is 34.8. The summed E-state index contributed by atoms with van der Waals surface area (Å²) >= 11 is 0. The van der Waals surface area contributed by atoms with Crippen LogP contribution in [0.4, 0.5) is 5.95 Å². The van der Waals surface area contributed by atoms with Crippen LogP contribution in [0.3, 0.4) is 0 Å². The molecule has 4 aromatic rings. The van der Waals surface area contributed by atoms with E-state index >= 15 is 0 Å². The number of benzene rings is 2. The second-order valence-electron chi connectivity index (χ2n) is 8.60. The van der Waals surface area contributed by atoms with E-state index in [9.17, 15) is 9.59 Å². The lowest BCUT2D eigenvalue weighted by Gasteiger charge is -2.25. The van der Waals surface area contributed by atoms with Crippen LogP contribution in [-0.4, -0.2) is 25.0 Å². The Labute approximate surface area is 186 Å². The minimum absolute atomic E-state index is 0.124. The second-order valence-corrected chi connectivity index (χ2v) is 8.60. The van der Waals surface area contributed by atoms with E-state index < -0.39 is 0 Å². The van der Waals surface area contributed by atoms with E-state index in [4.69, 9.17) is 4.98 Å². The number of aryl methyl sites for hydroxylation is 2. The van der Waals surface area contributed by atoms with Gasteiger partial charge in [-0.05, 0) is 43.5 Å². The molecular formula is C25H27N5O2. The number of anilines is 1. The molecule has 1 aliphatic rings. The number of hydrogen-bond acceptors (Lipinski definition) is 4. The SMILES string of the molecule is Cc1cccc2c(=O)n(CCC(=O)Nc3nc4ccccc4n3C3CCCCC3)cnc12. The molecule has 2 aromatic heterocycles. The first kappa shape index (κ1) is 20.4. The summed E-state index contributed by atoms with van der Waals surface area (Å²) in [5.41, 5.74) is 3.49. The van der Waals surface area contributed by atoms with Gasteiger partial charge in [0.25, 0.3) is 5.56 Å². The van der Waals surface area contributed by atoms with Gasteiger partial charge in [-0.3, -0.25) is 19.5 Å². The normalized spacial score (nSPS) is 14.8. The number of imidazole rings is 1. The smallest absolute Gasteiger partial charge is 0.261 e. The van der Waals surface area contributed by atoms with Gasteiger partial charge in [-0.15, -0.1) is 0 Å². The van der Waals surface area contributed by atoms with Gasteiger partial charge >= 0.3 is 0 Å². The molecule has 0 spiro atoms. The lowest BCUT2D eigenvalue weighted by Crippen LogP contribution is -2.25. The Bertz CT molecular complexity index is 1350. The van der Waals surface area contributed by atoms with E-state index in [0.717, 1.165) is 29.4 Å². The maximum Gasteiger partial charge on any atom is 0.261 e. The maximum absolute atomic E-state index is 12.8. The summed E-state index contributed by atoms with van der Waals surface area (Å²) in [6, 6.07) is 13.9. The molecule has 32 heavy (non-hydrogen) atoms. The minimum Gasteiger partial charge on any atom is -0.307 e. The molecule has 7 heteroatoms. The van der Waals surface area contributed by atoms with Gasteiger partial charge in [0.1, 0.15) is 0 Å². The zero-order chi connectivity index (χ0) is 22.1. The standard InChI is InChI=1S/C25H27N5O2/c1-17-8-7-11-19-23(17)26-16-29(24(19)32)15-14-22(31)28-25-27-20-12-5-6-13-21(20)30(25)18-9-3-2-4-10-18/h5-8,11-13,16,18H,2-4,9-10,14-15H2,1H3,(H,27,28,31). The van der Waals surface area contributed by atoms with Gasteiger partial charge in [0.15, 0.2) is 0 Å². The Kier molecular flexibility index (Phi) is 5.47. The number of para-hydroxylation sites is 3. The summed E-state index contributed by atoms with van der Waals surface area (Å²) in [5.74, 6) is 0.441. The first-order valence-electron chi connectivity index (χ1n) is 11.3. The van der Waals surface area contributed by atoms with Crippen molar-refractivity contribution in [2.45, 2.75) is 58.0 Å². The fourth-order valence-corrected chi connectivity index (χ4v) is 4.75. The van der Waals surface area contributed by atoms with Gasteiger partial charge in [-0.1, -0.05) is 43.5 Å². The highest BCUT2D eigenvalue weighted by Gasteiger charge is 2.22. The fourth-order valence-electron chi connectivity index (χ4n) is 4.75. The molecule has 7 nitrogen and oxygen atoms in total. The monoisotopic (exact) mass is 429 g/mol. The van der Waals surface area contributed by atoms with Gasteiger partial charge in [-0.25, -0.2) is 9.97 Å². The topological polar surface area (TPSA) is 81.8 Å². The van der Waals surface area contributed by atoms with Gasteiger partial charge in [0.2, 0.25) is 11.9 Å². The Morgan fingerprint density at radius 1 is 1.09 bits per heavy atom. The number of nitrogens with one attached hydrogen (secondary N) is 1. The molecule has 0 unspecified atom stereocenters. The third kappa shape index (κ3) is 3.79. The molecule has 0 atom stereocenters. The molecule has 1 N–H and O–H groups in total. The summed E-state index contributed by atoms with van der Waals surface area (Å²) in [5, 5.41) is 3.59. The summed E-state index contributed by atoms with van der Waals surface area (Å²) in [6.07, 6.45) is 7.55. The molecule has 2 heterocycles. The van der Waals surface area contributed by atoms with Crippen LogP contribution in [0.15, 0.2) is 53.6 Å². The van der Waals surface area contributed by atoms with Gasteiger partial charge in [-0.2, -0.15) is 0 Å². The van der Waals surface area contributed by atoms with Crippen molar-refractivity contribution in [3.05, 3.63) is 64.7 Å².